The molecule has 0 radical (unpaired) electrons. The molecule has 1 heterocycles. The van der Waals surface area contributed by atoms with Crippen molar-refractivity contribution in [3.8, 4) is 0 Å². The largest absolute Gasteiger partial charge is 0.394 e. The average molecular weight is 184 g/mol. The summed E-state index contributed by atoms with van der Waals surface area (Å²) in [4.78, 5) is 2.55. The van der Waals surface area contributed by atoms with Crippen molar-refractivity contribution in [2.24, 2.45) is 5.73 Å². The van der Waals surface area contributed by atoms with Crippen molar-refractivity contribution in [1.29, 1.82) is 0 Å². The highest BCUT2D eigenvalue weighted by atomic mass is 16.3. The van der Waals surface area contributed by atoms with Crippen LogP contribution >= 0.6 is 0 Å². The summed E-state index contributed by atoms with van der Waals surface area (Å²) in [5.74, 6) is 0. The van der Waals surface area contributed by atoms with Crippen LogP contribution in [0.2, 0.25) is 0 Å². The minimum absolute atomic E-state index is 0.144. The molecule has 1 saturated heterocycles. The lowest BCUT2D eigenvalue weighted by Crippen LogP contribution is -2.55. The molecule has 0 aromatic rings. The van der Waals surface area contributed by atoms with Gasteiger partial charge in [-0.2, -0.15) is 0 Å². The fourth-order valence-electron chi connectivity index (χ4n) is 2.24. The Kier molecular flexibility index (Phi) is 2.58. The van der Waals surface area contributed by atoms with Crippen LogP contribution in [0.3, 0.4) is 0 Å². The van der Waals surface area contributed by atoms with Crippen LogP contribution in [0.15, 0.2) is 0 Å². The van der Waals surface area contributed by atoms with E-state index in [0.29, 0.717) is 0 Å². The van der Waals surface area contributed by atoms with E-state index < -0.39 is 0 Å². The average Bonchev–Trinajstić information content (AvgIpc) is 2.06. The molecule has 3 nitrogen and oxygen atoms in total. The van der Waals surface area contributed by atoms with Gasteiger partial charge in [0.2, 0.25) is 0 Å². The lowest BCUT2D eigenvalue weighted by Gasteiger charge is -2.44. The van der Waals surface area contributed by atoms with Crippen LogP contribution in [0.5, 0.6) is 0 Å². The third kappa shape index (κ3) is 1.87. The summed E-state index contributed by atoms with van der Waals surface area (Å²) in [5.41, 5.74) is 5.73. The van der Waals surface area contributed by atoms with Gasteiger partial charge in [-0.1, -0.05) is 6.42 Å². The summed E-state index contributed by atoms with van der Waals surface area (Å²) in [6.07, 6.45) is 6.06. The van der Waals surface area contributed by atoms with Crippen molar-refractivity contribution in [3.63, 3.8) is 0 Å². The Morgan fingerprint density at radius 1 is 1.31 bits per heavy atom. The highest BCUT2D eigenvalue weighted by Gasteiger charge is 2.34. The van der Waals surface area contributed by atoms with Gasteiger partial charge in [0.15, 0.2) is 0 Å². The molecule has 0 atom stereocenters. The Hall–Kier alpha value is -0.120. The minimum Gasteiger partial charge on any atom is -0.394 e. The monoisotopic (exact) mass is 184 g/mol. The second-order valence-corrected chi connectivity index (χ2v) is 4.64. The second-order valence-electron chi connectivity index (χ2n) is 4.64. The zero-order valence-electron chi connectivity index (χ0n) is 8.21. The van der Waals surface area contributed by atoms with Crippen molar-refractivity contribution >= 4 is 0 Å². The molecule has 13 heavy (non-hydrogen) atoms. The molecule has 0 aromatic heterocycles. The van der Waals surface area contributed by atoms with E-state index in [4.69, 9.17) is 10.8 Å². The van der Waals surface area contributed by atoms with Gasteiger partial charge in [0.25, 0.3) is 0 Å². The van der Waals surface area contributed by atoms with Gasteiger partial charge < -0.3 is 15.7 Å². The second kappa shape index (κ2) is 3.56. The van der Waals surface area contributed by atoms with E-state index in [2.05, 4.69) is 4.90 Å². The Bertz CT molecular complexity index is 172. The normalized spacial score (nSPS) is 30.0. The molecular weight excluding hydrogens is 164 g/mol. The van der Waals surface area contributed by atoms with Gasteiger partial charge in [-0.25, -0.2) is 0 Å². The predicted molar refractivity (Wildman–Crippen MR) is 52.5 cm³/mol. The summed E-state index contributed by atoms with van der Waals surface area (Å²) < 4.78 is 0. The quantitative estimate of drug-likeness (QED) is 0.650. The number of hydrogen-bond donors (Lipinski definition) is 2. The first kappa shape index (κ1) is 9.44. The molecule has 0 aromatic carbocycles. The van der Waals surface area contributed by atoms with Gasteiger partial charge in [-0.3, -0.25) is 0 Å². The maximum absolute atomic E-state index is 9.10. The topological polar surface area (TPSA) is 49.5 Å². The first-order chi connectivity index (χ1) is 6.23. The fourth-order valence-corrected chi connectivity index (χ4v) is 2.24. The smallest absolute Gasteiger partial charge is 0.0612 e. The summed E-state index contributed by atoms with van der Waals surface area (Å²) in [6.45, 7) is 2.31. The molecule has 0 spiro atoms. The minimum atomic E-state index is -0.278. The molecule has 1 aliphatic heterocycles. The predicted octanol–water partition coefficient (Wildman–Crippen LogP) is 0.324. The van der Waals surface area contributed by atoms with Gasteiger partial charge in [-0.15, -0.1) is 0 Å². The Labute approximate surface area is 79.9 Å². The molecule has 3 N–H and O–H groups in total. The standard InChI is InChI=1S/C10H20N2O/c11-10(8-13)4-6-12(7-5-10)9-2-1-3-9/h9,13H,1-8,11H2. The lowest BCUT2D eigenvalue weighted by molar-refractivity contribution is 0.0530. The number of nitrogens with zero attached hydrogens (tertiary/aromatic N) is 1. The van der Waals surface area contributed by atoms with Crippen molar-refractivity contribution in [3.05, 3.63) is 0 Å². The van der Waals surface area contributed by atoms with Crippen LogP contribution in [0.4, 0.5) is 0 Å². The van der Waals surface area contributed by atoms with Crippen molar-refractivity contribution in [2.75, 3.05) is 19.7 Å². The van der Waals surface area contributed by atoms with E-state index in [9.17, 15) is 0 Å². The third-order valence-corrected chi connectivity index (χ3v) is 3.70. The number of rotatable bonds is 2. The van der Waals surface area contributed by atoms with Crippen LogP contribution in [0.1, 0.15) is 32.1 Å². The van der Waals surface area contributed by atoms with E-state index in [1.54, 1.807) is 0 Å². The van der Waals surface area contributed by atoms with E-state index in [-0.39, 0.29) is 12.1 Å². The SMILES string of the molecule is NC1(CO)CCN(C2CCC2)CC1. The molecule has 0 amide bonds. The summed E-state index contributed by atoms with van der Waals surface area (Å²) >= 11 is 0. The number of hydrogen-bond acceptors (Lipinski definition) is 3. The van der Waals surface area contributed by atoms with Gasteiger partial charge in [0, 0.05) is 24.7 Å². The molecule has 0 bridgehead atoms. The zero-order chi connectivity index (χ0) is 9.31. The number of piperidine rings is 1. The summed E-state index contributed by atoms with van der Waals surface area (Å²) in [7, 11) is 0. The van der Waals surface area contributed by atoms with E-state index in [1.165, 1.54) is 19.3 Å². The molecule has 2 aliphatic rings. The molecule has 76 valence electrons. The lowest BCUT2D eigenvalue weighted by atomic mass is 9.85. The first-order valence-electron chi connectivity index (χ1n) is 5.37. The van der Waals surface area contributed by atoms with Crippen LogP contribution in [0.25, 0.3) is 0 Å². The maximum Gasteiger partial charge on any atom is 0.0612 e. The molecule has 2 rings (SSSR count). The number of aliphatic hydroxyl groups is 1. The van der Waals surface area contributed by atoms with Crippen LogP contribution < -0.4 is 5.73 Å². The third-order valence-electron chi connectivity index (χ3n) is 3.70. The van der Waals surface area contributed by atoms with Gasteiger partial charge >= 0.3 is 0 Å². The summed E-state index contributed by atoms with van der Waals surface area (Å²) in [6, 6.07) is 0.836. The Balaban J connectivity index is 1.81. The number of aliphatic hydroxyl groups excluding tert-OH is 1. The fraction of sp³-hybridized carbons (Fsp3) is 1.00. The molecule has 2 fully saturated rings. The Morgan fingerprint density at radius 3 is 2.31 bits per heavy atom. The summed E-state index contributed by atoms with van der Waals surface area (Å²) in [5, 5.41) is 9.10. The molecule has 1 aliphatic carbocycles. The number of likely N-dealkylation sites (tertiary alicyclic amines) is 1. The van der Waals surface area contributed by atoms with Crippen molar-refractivity contribution < 1.29 is 5.11 Å². The van der Waals surface area contributed by atoms with Crippen molar-refractivity contribution in [2.45, 2.75) is 43.7 Å². The molecular formula is C10H20N2O. The molecule has 0 unspecified atom stereocenters. The maximum atomic E-state index is 9.10. The number of nitrogens with two attached hydrogens (primary N) is 1. The zero-order valence-corrected chi connectivity index (χ0v) is 8.21. The van der Waals surface area contributed by atoms with Gasteiger partial charge in [-0.05, 0) is 25.7 Å². The molecule has 1 saturated carbocycles. The first-order valence-corrected chi connectivity index (χ1v) is 5.37. The Morgan fingerprint density at radius 2 is 1.92 bits per heavy atom. The molecule has 3 heteroatoms. The van der Waals surface area contributed by atoms with Gasteiger partial charge in [0.05, 0.1) is 6.61 Å². The highest BCUT2D eigenvalue weighted by molar-refractivity contribution is 4.92. The van der Waals surface area contributed by atoms with E-state index >= 15 is 0 Å². The van der Waals surface area contributed by atoms with Crippen molar-refractivity contribution in [1.82, 2.24) is 4.90 Å². The van der Waals surface area contributed by atoms with Crippen LogP contribution in [0, 0.1) is 0 Å². The van der Waals surface area contributed by atoms with Crippen LogP contribution in [-0.4, -0.2) is 41.3 Å². The van der Waals surface area contributed by atoms with Crippen LogP contribution in [-0.2, 0) is 0 Å². The van der Waals surface area contributed by atoms with Gasteiger partial charge in [0.1, 0.15) is 0 Å². The van der Waals surface area contributed by atoms with E-state index in [0.717, 1.165) is 32.0 Å². The van der Waals surface area contributed by atoms with E-state index in [1.807, 2.05) is 0 Å². The highest BCUT2D eigenvalue weighted by Crippen LogP contribution is 2.29.